The van der Waals surface area contributed by atoms with E-state index in [9.17, 15) is 5.26 Å². The largest absolute Gasteiger partial charge is 0.384 e. The topological polar surface area (TPSA) is 39.1 Å². The second-order valence-electron chi connectivity index (χ2n) is 5.08. The lowest BCUT2D eigenvalue weighted by Crippen LogP contribution is -2.28. The minimum Gasteiger partial charge on any atom is -0.384 e. The van der Waals surface area contributed by atoms with E-state index in [1.165, 1.54) is 0 Å². The molecular weight excluding hydrogens is 266 g/mol. The summed E-state index contributed by atoms with van der Waals surface area (Å²) in [4.78, 5) is 3.40. The number of nitrogens with zero attached hydrogens (tertiary/aromatic N) is 2. The van der Waals surface area contributed by atoms with Crippen molar-refractivity contribution in [2.24, 2.45) is 0 Å². The highest BCUT2D eigenvalue weighted by Gasteiger charge is 2.08. The molecule has 0 amide bonds. The van der Waals surface area contributed by atoms with Crippen molar-refractivity contribution in [2.75, 3.05) is 31.2 Å². The van der Waals surface area contributed by atoms with Crippen LogP contribution in [0, 0.1) is 11.3 Å². The fourth-order valence-electron chi connectivity index (χ4n) is 1.88. The van der Waals surface area contributed by atoms with Gasteiger partial charge in [-0.2, -0.15) is 5.26 Å². The first-order valence-electron chi connectivity index (χ1n) is 7.20. The second kappa shape index (κ2) is 8.89. The van der Waals surface area contributed by atoms with Gasteiger partial charge in [0.15, 0.2) is 0 Å². The van der Waals surface area contributed by atoms with E-state index in [-0.39, 0.29) is 0 Å². The lowest BCUT2D eigenvalue weighted by atomic mass is 10.2. The van der Waals surface area contributed by atoms with E-state index < -0.39 is 0 Å². The van der Waals surface area contributed by atoms with Gasteiger partial charge in [0.2, 0.25) is 0 Å². The van der Waals surface area contributed by atoms with E-state index in [4.69, 9.17) is 0 Å². The van der Waals surface area contributed by atoms with Gasteiger partial charge < -0.3 is 10.2 Å². The van der Waals surface area contributed by atoms with E-state index in [0.717, 1.165) is 41.4 Å². The Labute approximate surface area is 127 Å². The maximum absolute atomic E-state index is 9.33. The zero-order chi connectivity index (χ0) is 15.0. The highest BCUT2D eigenvalue weighted by molar-refractivity contribution is 7.99. The van der Waals surface area contributed by atoms with Crippen molar-refractivity contribution < 1.29 is 0 Å². The number of nitrogens with one attached hydrogen (secondary N) is 1. The van der Waals surface area contributed by atoms with Gasteiger partial charge in [0.25, 0.3) is 0 Å². The normalized spacial score (nSPS) is 10.8. The van der Waals surface area contributed by atoms with E-state index in [1.807, 2.05) is 18.2 Å². The molecule has 0 saturated heterocycles. The Morgan fingerprint density at radius 2 is 2.15 bits per heavy atom. The Morgan fingerprint density at radius 3 is 2.75 bits per heavy atom. The molecular formula is C16H25N3S. The highest BCUT2D eigenvalue weighted by Crippen LogP contribution is 2.27. The Balaban J connectivity index is 2.56. The summed E-state index contributed by atoms with van der Waals surface area (Å²) in [6.07, 6.45) is 1.07. The molecule has 110 valence electrons. The number of nitriles is 1. The van der Waals surface area contributed by atoms with Gasteiger partial charge in [0, 0.05) is 17.5 Å². The van der Waals surface area contributed by atoms with Gasteiger partial charge >= 0.3 is 0 Å². The van der Waals surface area contributed by atoms with Crippen LogP contribution in [-0.4, -0.2) is 36.8 Å². The molecule has 1 aromatic rings. The van der Waals surface area contributed by atoms with Crippen LogP contribution < -0.4 is 5.32 Å². The minimum atomic E-state index is 0.578. The van der Waals surface area contributed by atoms with Gasteiger partial charge in [0.05, 0.1) is 11.3 Å². The van der Waals surface area contributed by atoms with Crippen molar-refractivity contribution in [3.05, 3.63) is 23.8 Å². The first kappa shape index (κ1) is 16.9. The van der Waals surface area contributed by atoms with Crippen LogP contribution in [0.1, 0.15) is 32.8 Å². The fourth-order valence-corrected chi connectivity index (χ4v) is 2.66. The molecule has 0 heterocycles. The van der Waals surface area contributed by atoms with Crippen LogP contribution >= 0.6 is 11.8 Å². The number of rotatable bonds is 8. The van der Waals surface area contributed by atoms with Crippen LogP contribution in [0.25, 0.3) is 0 Å². The molecule has 0 aliphatic carbocycles. The molecule has 1 aromatic carbocycles. The Morgan fingerprint density at radius 1 is 1.40 bits per heavy atom. The molecule has 1 N–H and O–H groups in total. The van der Waals surface area contributed by atoms with Crippen LogP contribution in [0.15, 0.2) is 23.1 Å². The minimum absolute atomic E-state index is 0.578. The molecule has 0 aliphatic rings. The highest BCUT2D eigenvalue weighted by atomic mass is 32.2. The molecule has 0 atom stereocenters. The quantitative estimate of drug-likeness (QED) is 0.584. The van der Waals surface area contributed by atoms with Crippen molar-refractivity contribution in [3.63, 3.8) is 0 Å². The molecule has 0 unspecified atom stereocenters. The molecule has 1 rings (SSSR count). The molecule has 0 bridgehead atoms. The van der Waals surface area contributed by atoms with Gasteiger partial charge in [0.1, 0.15) is 6.07 Å². The summed E-state index contributed by atoms with van der Waals surface area (Å²) in [5, 5.41) is 12.7. The maximum Gasteiger partial charge on any atom is 0.102 e. The lowest BCUT2D eigenvalue weighted by Gasteiger charge is -2.21. The maximum atomic E-state index is 9.33. The summed E-state index contributed by atoms with van der Waals surface area (Å²) in [6.45, 7) is 8.47. The first-order chi connectivity index (χ1) is 9.60. The van der Waals surface area contributed by atoms with E-state index >= 15 is 0 Å². The molecule has 0 fully saturated rings. The average molecular weight is 291 g/mol. The smallest absolute Gasteiger partial charge is 0.102 e. The van der Waals surface area contributed by atoms with Gasteiger partial charge in [-0.15, -0.1) is 11.8 Å². The van der Waals surface area contributed by atoms with Gasteiger partial charge in [-0.05, 0) is 51.7 Å². The van der Waals surface area contributed by atoms with Crippen LogP contribution in [0.2, 0.25) is 0 Å². The molecule has 0 radical (unpaired) electrons. The van der Waals surface area contributed by atoms with Crippen LogP contribution in [0.4, 0.5) is 5.69 Å². The SMILES string of the molecule is CCSc1cccc(NCCCN(C)C(C)C)c1C#N. The molecule has 0 aromatic heterocycles. The summed E-state index contributed by atoms with van der Waals surface area (Å²) >= 11 is 1.72. The molecule has 4 heteroatoms. The number of thioether (sulfide) groups is 1. The zero-order valence-corrected chi connectivity index (χ0v) is 13.8. The monoisotopic (exact) mass is 291 g/mol. The standard InChI is InChI=1S/C16H25N3S/c1-5-20-16-9-6-8-15(14(16)12-17)18-10-7-11-19(4)13(2)3/h6,8-9,13,18H,5,7,10-11H2,1-4H3. The van der Waals surface area contributed by atoms with Crippen molar-refractivity contribution in [1.82, 2.24) is 4.90 Å². The third-order valence-corrected chi connectivity index (χ3v) is 4.26. The number of hydrogen-bond donors (Lipinski definition) is 1. The predicted octanol–water partition coefficient (Wildman–Crippen LogP) is 3.81. The summed E-state index contributed by atoms with van der Waals surface area (Å²) in [6, 6.07) is 8.92. The number of anilines is 1. The van der Waals surface area contributed by atoms with Crippen molar-refractivity contribution in [1.29, 1.82) is 5.26 Å². The van der Waals surface area contributed by atoms with Crippen LogP contribution in [-0.2, 0) is 0 Å². The van der Waals surface area contributed by atoms with E-state index in [0.29, 0.717) is 6.04 Å². The van der Waals surface area contributed by atoms with Crippen molar-refractivity contribution in [3.8, 4) is 6.07 Å². The fraction of sp³-hybridized carbons (Fsp3) is 0.562. The van der Waals surface area contributed by atoms with E-state index in [1.54, 1.807) is 11.8 Å². The summed E-state index contributed by atoms with van der Waals surface area (Å²) in [5.41, 5.74) is 1.73. The van der Waals surface area contributed by atoms with Crippen molar-refractivity contribution >= 4 is 17.4 Å². The third kappa shape index (κ3) is 5.07. The predicted molar refractivity (Wildman–Crippen MR) is 88.4 cm³/mol. The first-order valence-corrected chi connectivity index (χ1v) is 8.18. The zero-order valence-electron chi connectivity index (χ0n) is 12.9. The van der Waals surface area contributed by atoms with Gasteiger partial charge in [-0.3, -0.25) is 0 Å². The van der Waals surface area contributed by atoms with Gasteiger partial charge in [-0.1, -0.05) is 13.0 Å². The van der Waals surface area contributed by atoms with Crippen LogP contribution in [0.3, 0.4) is 0 Å². The second-order valence-corrected chi connectivity index (χ2v) is 6.38. The average Bonchev–Trinajstić information content (AvgIpc) is 2.43. The summed E-state index contributed by atoms with van der Waals surface area (Å²) in [5.74, 6) is 0.983. The van der Waals surface area contributed by atoms with E-state index in [2.05, 4.69) is 44.1 Å². The summed E-state index contributed by atoms with van der Waals surface area (Å²) in [7, 11) is 2.14. The Hall–Kier alpha value is -1.18. The molecule has 0 spiro atoms. The van der Waals surface area contributed by atoms with Crippen molar-refractivity contribution in [2.45, 2.75) is 38.1 Å². The number of benzene rings is 1. The van der Waals surface area contributed by atoms with Crippen LogP contribution in [0.5, 0.6) is 0 Å². The Kier molecular flexibility index (Phi) is 7.50. The molecule has 0 saturated carbocycles. The number of hydrogen-bond acceptors (Lipinski definition) is 4. The molecule has 3 nitrogen and oxygen atoms in total. The van der Waals surface area contributed by atoms with Gasteiger partial charge in [-0.25, -0.2) is 0 Å². The Bertz CT molecular complexity index is 452. The summed E-state index contributed by atoms with van der Waals surface area (Å²) < 4.78 is 0. The third-order valence-electron chi connectivity index (χ3n) is 3.32. The lowest BCUT2D eigenvalue weighted by molar-refractivity contribution is 0.273. The molecule has 0 aliphatic heterocycles. The molecule has 20 heavy (non-hydrogen) atoms.